The van der Waals surface area contributed by atoms with Crippen molar-refractivity contribution >= 4 is 17.8 Å². The van der Waals surface area contributed by atoms with E-state index in [1.807, 2.05) is 0 Å². The smallest absolute Gasteiger partial charge is 0.320 e. The number of aliphatic carboxylic acids is 1. The summed E-state index contributed by atoms with van der Waals surface area (Å²) in [6.07, 6.45) is 0.0483. The monoisotopic (exact) mass is 186 g/mol. The third-order valence-electron chi connectivity index (χ3n) is 1.92. The lowest BCUT2D eigenvalue weighted by molar-refractivity contribution is -0.139. The fraction of sp³-hybridized carbons (Fsp3) is 0.571. The molecule has 0 spiro atoms. The van der Waals surface area contributed by atoms with Gasteiger partial charge in [-0.15, -0.1) is 0 Å². The summed E-state index contributed by atoms with van der Waals surface area (Å²) in [6, 6.07) is -1.08. The van der Waals surface area contributed by atoms with Crippen LogP contribution >= 0.6 is 0 Å². The fourth-order valence-corrected chi connectivity index (χ4v) is 1.20. The van der Waals surface area contributed by atoms with Crippen molar-refractivity contribution in [3.05, 3.63) is 0 Å². The lowest BCUT2D eigenvalue weighted by Crippen LogP contribution is -2.34. The highest BCUT2D eigenvalue weighted by molar-refractivity contribution is 6.03. The summed E-state index contributed by atoms with van der Waals surface area (Å²) in [5, 5.41) is 10.5. The topological polar surface area (TPSA) is 109 Å². The average molecular weight is 186 g/mol. The normalized spacial score (nSPS) is 24.2. The molecule has 0 aromatic rings. The van der Waals surface area contributed by atoms with Crippen molar-refractivity contribution < 1.29 is 19.5 Å². The van der Waals surface area contributed by atoms with E-state index in [1.54, 1.807) is 0 Å². The highest BCUT2D eigenvalue weighted by Crippen LogP contribution is 2.16. The molecule has 0 bridgehead atoms. The van der Waals surface area contributed by atoms with Gasteiger partial charge in [-0.1, -0.05) is 0 Å². The number of nitrogens with one attached hydrogen (secondary N) is 1. The van der Waals surface area contributed by atoms with Crippen molar-refractivity contribution in [2.24, 2.45) is 11.7 Å². The van der Waals surface area contributed by atoms with Crippen LogP contribution in [0.5, 0.6) is 0 Å². The van der Waals surface area contributed by atoms with Crippen LogP contribution in [0.3, 0.4) is 0 Å². The van der Waals surface area contributed by atoms with E-state index in [0.29, 0.717) is 0 Å². The third-order valence-corrected chi connectivity index (χ3v) is 1.92. The molecule has 0 unspecified atom stereocenters. The van der Waals surface area contributed by atoms with Crippen molar-refractivity contribution in [3.8, 4) is 0 Å². The first kappa shape index (κ1) is 9.66. The zero-order chi connectivity index (χ0) is 10.0. The van der Waals surface area contributed by atoms with Crippen molar-refractivity contribution in [2.45, 2.75) is 18.9 Å². The Morgan fingerprint density at radius 3 is 2.69 bits per heavy atom. The van der Waals surface area contributed by atoms with Crippen LogP contribution in [-0.4, -0.2) is 28.9 Å². The van der Waals surface area contributed by atoms with Gasteiger partial charge in [0.2, 0.25) is 11.8 Å². The molecule has 0 aromatic heterocycles. The van der Waals surface area contributed by atoms with Gasteiger partial charge in [0.15, 0.2) is 0 Å². The SMILES string of the molecule is N[C@H](C[C@@H]1CC(=O)NC1=O)C(=O)O. The van der Waals surface area contributed by atoms with Crippen molar-refractivity contribution in [2.75, 3.05) is 0 Å². The number of carboxylic acid groups (broad SMARTS) is 1. The van der Waals surface area contributed by atoms with Crippen LogP contribution < -0.4 is 11.1 Å². The second-order valence-corrected chi connectivity index (χ2v) is 2.99. The number of amides is 2. The molecule has 13 heavy (non-hydrogen) atoms. The molecular formula is C7H10N2O4. The van der Waals surface area contributed by atoms with E-state index < -0.39 is 23.8 Å². The number of imide groups is 1. The molecule has 1 saturated heterocycles. The van der Waals surface area contributed by atoms with Crippen molar-refractivity contribution in [3.63, 3.8) is 0 Å². The Labute approximate surface area is 74.1 Å². The van der Waals surface area contributed by atoms with Crippen LogP contribution in [0.15, 0.2) is 0 Å². The lowest BCUT2D eigenvalue weighted by atomic mass is 9.99. The van der Waals surface area contributed by atoms with Gasteiger partial charge in [-0.05, 0) is 6.42 Å². The Hall–Kier alpha value is -1.43. The van der Waals surface area contributed by atoms with Crippen LogP contribution in [0.1, 0.15) is 12.8 Å². The van der Waals surface area contributed by atoms with Gasteiger partial charge in [-0.2, -0.15) is 0 Å². The number of rotatable bonds is 3. The lowest BCUT2D eigenvalue weighted by Gasteiger charge is -2.08. The first-order valence-corrected chi connectivity index (χ1v) is 3.82. The summed E-state index contributed by atoms with van der Waals surface area (Å²) in [7, 11) is 0. The Bertz CT molecular complexity index is 263. The van der Waals surface area contributed by atoms with E-state index in [-0.39, 0.29) is 18.7 Å². The van der Waals surface area contributed by atoms with E-state index >= 15 is 0 Å². The van der Waals surface area contributed by atoms with Gasteiger partial charge in [0.05, 0.1) is 0 Å². The number of carbonyl (C=O) groups is 3. The van der Waals surface area contributed by atoms with Crippen LogP contribution in [0.4, 0.5) is 0 Å². The van der Waals surface area contributed by atoms with Gasteiger partial charge in [0, 0.05) is 12.3 Å². The molecule has 6 nitrogen and oxygen atoms in total. The minimum absolute atomic E-state index is 0.00685. The van der Waals surface area contributed by atoms with E-state index in [2.05, 4.69) is 5.32 Å². The predicted molar refractivity (Wildman–Crippen MR) is 41.5 cm³/mol. The Kier molecular flexibility index (Phi) is 2.62. The second-order valence-electron chi connectivity index (χ2n) is 2.99. The molecule has 0 aromatic carbocycles. The zero-order valence-electron chi connectivity index (χ0n) is 6.82. The Morgan fingerprint density at radius 1 is 1.69 bits per heavy atom. The molecule has 0 radical (unpaired) electrons. The summed E-state index contributed by atoms with van der Waals surface area (Å²) < 4.78 is 0. The van der Waals surface area contributed by atoms with Gasteiger partial charge in [-0.3, -0.25) is 19.7 Å². The predicted octanol–water partition coefficient (Wildman–Crippen LogP) is -1.55. The van der Waals surface area contributed by atoms with Crippen LogP contribution in [0.2, 0.25) is 0 Å². The number of nitrogens with two attached hydrogens (primary N) is 1. The minimum Gasteiger partial charge on any atom is -0.480 e. The number of carbonyl (C=O) groups excluding carboxylic acids is 2. The maximum absolute atomic E-state index is 11.0. The van der Waals surface area contributed by atoms with Gasteiger partial charge in [0.1, 0.15) is 6.04 Å². The molecule has 1 aliphatic rings. The van der Waals surface area contributed by atoms with E-state index in [1.165, 1.54) is 0 Å². The fourth-order valence-electron chi connectivity index (χ4n) is 1.20. The highest BCUT2D eigenvalue weighted by Gasteiger charge is 2.33. The standard InChI is InChI=1S/C7H10N2O4/c8-4(7(12)13)1-3-2-5(10)9-6(3)11/h3-4H,1-2,8H2,(H,12,13)(H,9,10,11)/t3-,4-/m1/s1. The summed E-state index contributed by atoms with van der Waals surface area (Å²) in [6.45, 7) is 0. The summed E-state index contributed by atoms with van der Waals surface area (Å²) in [5.41, 5.74) is 5.21. The molecule has 6 heteroatoms. The molecule has 1 fully saturated rings. The van der Waals surface area contributed by atoms with Gasteiger partial charge in [0.25, 0.3) is 0 Å². The number of carboxylic acids is 1. The van der Waals surface area contributed by atoms with Crippen LogP contribution in [0.25, 0.3) is 0 Å². The Morgan fingerprint density at radius 2 is 2.31 bits per heavy atom. The molecule has 0 saturated carbocycles. The van der Waals surface area contributed by atoms with Crippen LogP contribution in [-0.2, 0) is 14.4 Å². The van der Waals surface area contributed by atoms with Gasteiger partial charge >= 0.3 is 5.97 Å². The molecule has 1 rings (SSSR count). The van der Waals surface area contributed by atoms with Crippen LogP contribution in [0, 0.1) is 5.92 Å². The van der Waals surface area contributed by atoms with E-state index in [4.69, 9.17) is 10.8 Å². The Balaban J connectivity index is 2.50. The van der Waals surface area contributed by atoms with Gasteiger partial charge in [-0.25, -0.2) is 0 Å². The minimum atomic E-state index is -1.16. The maximum Gasteiger partial charge on any atom is 0.320 e. The first-order valence-electron chi connectivity index (χ1n) is 3.82. The number of hydrogen-bond acceptors (Lipinski definition) is 4. The number of hydrogen-bond donors (Lipinski definition) is 3. The van der Waals surface area contributed by atoms with E-state index in [9.17, 15) is 14.4 Å². The molecule has 1 heterocycles. The molecule has 4 N–H and O–H groups in total. The summed E-state index contributed by atoms with van der Waals surface area (Å²) in [5.74, 6) is -2.54. The summed E-state index contributed by atoms with van der Waals surface area (Å²) in [4.78, 5) is 32.0. The largest absolute Gasteiger partial charge is 0.480 e. The summed E-state index contributed by atoms with van der Waals surface area (Å²) >= 11 is 0. The quantitative estimate of drug-likeness (QED) is 0.462. The third kappa shape index (κ3) is 2.25. The van der Waals surface area contributed by atoms with Crippen molar-refractivity contribution in [1.82, 2.24) is 5.32 Å². The molecule has 0 aliphatic carbocycles. The molecule has 1 aliphatic heterocycles. The van der Waals surface area contributed by atoms with E-state index in [0.717, 1.165) is 0 Å². The van der Waals surface area contributed by atoms with Crippen molar-refractivity contribution in [1.29, 1.82) is 0 Å². The first-order chi connectivity index (χ1) is 6.00. The average Bonchev–Trinajstić information content (AvgIpc) is 2.30. The maximum atomic E-state index is 11.0. The molecule has 72 valence electrons. The zero-order valence-corrected chi connectivity index (χ0v) is 6.82. The highest BCUT2D eigenvalue weighted by atomic mass is 16.4. The molecule has 2 atom stereocenters. The second kappa shape index (κ2) is 3.53. The van der Waals surface area contributed by atoms with Gasteiger partial charge < -0.3 is 10.8 Å². The molecular weight excluding hydrogens is 176 g/mol. The molecule has 2 amide bonds.